The lowest BCUT2D eigenvalue weighted by atomic mass is 9.99. The van der Waals surface area contributed by atoms with E-state index >= 15 is 0 Å². The molecule has 2 aromatic heterocycles. The van der Waals surface area contributed by atoms with Gasteiger partial charge in [0.25, 0.3) is 0 Å². The number of benzene rings is 8. The van der Waals surface area contributed by atoms with Crippen molar-refractivity contribution in [2.75, 3.05) is 4.90 Å². The summed E-state index contributed by atoms with van der Waals surface area (Å²) < 4.78 is 12.2. The van der Waals surface area contributed by atoms with Crippen molar-refractivity contribution < 1.29 is 8.83 Å². The predicted octanol–water partition coefficient (Wildman–Crippen LogP) is 13.0. The summed E-state index contributed by atoms with van der Waals surface area (Å²) in [4.78, 5) is 2.27. The summed E-state index contributed by atoms with van der Waals surface area (Å²) in [6.07, 6.45) is 0. The Morgan fingerprint density at radius 1 is 0.449 bits per heavy atom. The minimum Gasteiger partial charge on any atom is -0.616 e. The van der Waals surface area contributed by atoms with Crippen LogP contribution in [0.3, 0.4) is 0 Å². The number of fused-ring (bicyclic) bond motifs is 11. The molecule has 11 rings (SSSR count). The van der Waals surface area contributed by atoms with Gasteiger partial charge in [-0.25, -0.2) is 0 Å². The van der Waals surface area contributed by atoms with Gasteiger partial charge in [0.1, 0.15) is 28.0 Å². The number of para-hydroxylation sites is 3. The summed E-state index contributed by atoms with van der Waals surface area (Å²) in [7, 11) is 0. The second-order valence-corrected chi connectivity index (χ2v) is 12.8. The van der Waals surface area contributed by atoms with Crippen molar-refractivity contribution in [1.82, 2.24) is 4.65 Å². The van der Waals surface area contributed by atoms with Crippen molar-refractivity contribution in [1.29, 1.82) is 0 Å². The topological polar surface area (TPSA) is 52.6 Å². The molecule has 0 saturated heterocycles. The highest BCUT2D eigenvalue weighted by Gasteiger charge is 2.50. The number of furan rings is 2. The van der Waals surface area contributed by atoms with E-state index in [1.807, 2.05) is 72.8 Å². The van der Waals surface area contributed by atoms with Crippen LogP contribution in [0, 0.1) is 5.21 Å². The molecule has 1 aliphatic heterocycles. The quantitative estimate of drug-likeness (QED) is 0.0840. The highest BCUT2D eigenvalue weighted by Crippen LogP contribution is 2.65. The first-order chi connectivity index (χ1) is 24.2. The van der Waals surface area contributed by atoms with Crippen molar-refractivity contribution in [3.8, 4) is 0 Å². The third kappa shape index (κ3) is 3.65. The van der Waals surface area contributed by atoms with Crippen molar-refractivity contribution in [3.63, 3.8) is 0 Å². The molecule has 5 heteroatoms. The van der Waals surface area contributed by atoms with Crippen molar-refractivity contribution >= 4 is 99.5 Å². The largest absolute Gasteiger partial charge is 0.616 e. The number of quaternary nitrogens is 1. The Labute approximate surface area is 280 Å². The zero-order chi connectivity index (χ0) is 32.3. The molecule has 1 aliphatic rings. The van der Waals surface area contributed by atoms with Crippen molar-refractivity contribution in [2.45, 2.75) is 0 Å². The van der Waals surface area contributed by atoms with Gasteiger partial charge >= 0.3 is 0 Å². The van der Waals surface area contributed by atoms with Gasteiger partial charge in [-0.15, -0.1) is 0 Å². The van der Waals surface area contributed by atoms with Crippen LogP contribution >= 0.6 is 0 Å². The van der Waals surface area contributed by atoms with Crippen LogP contribution in [-0.4, -0.2) is 0 Å². The number of anilines is 3. The predicted molar refractivity (Wildman–Crippen MR) is 202 cm³/mol. The zero-order valence-corrected chi connectivity index (χ0v) is 26.1. The van der Waals surface area contributed by atoms with Crippen LogP contribution in [0.4, 0.5) is 34.1 Å². The zero-order valence-electron chi connectivity index (χ0n) is 26.1. The molecule has 0 radical (unpaired) electrons. The molecule has 0 aliphatic carbocycles. The van der Waals surface area contributed by atoms with Crippen LogP contribution in [0.25, 0.3) is 65.4 Å². The van der Waals surface area contributed by atoms with Crippen LogP contribution in [-0.2, 0) is 0 Å². The molecule has 0 fully saturated rings. The Morgan fingerprint density at radius 2 is 1.00 bits per heavy atom. The van der Waals surface area contributed by atoms with Crippen LogP contribution in [0.15, 0.2) is 167 Å². The van der Waals surface area contributed by atoms with Gasteiger partial charge in [0, 0.05) is 68.6 Å². The van der Waals surface area contributed by atoms with E-state index in [4.69, 9.17) is 8.83 Å². The molecule has 1 unspecified atom stereocenters. The lowest BCUT2D eigenvalue weighted by Crippen LogP contribution is -2.13. The second-order valence-electron chi connectivity index (χ2n) is 12.8. The summed E-state index contributed by atoms with van der Waals surface area (Å²) in [5.41, 5.74) is 8.59. The van der Waals surface area contributed by atoms with E-state index in [9.17, 15) is 5.21 Å². The van der Waals surface area contributed by atoms with E-state index in [0.29, 0.717) is 0 Å². The third-order valence-electron chi connectivity index (χ3n) is 10.2. The molecule has 0 N–H and O–H groups in total. The van der Waals surface area contributed by atoms with E-state index in [-0.39, 0.29) is 0 Å². The molecule has 5 nitrogen and oxygen atoms in total. The van der Waals surface area contributed by atoms with Crippen LogP contribution in [0.5, 0.6) is 0 Å². The van der Waals surface area contributed by atoms with E-state index < -0.39 is 4.65 Å². The normalized spacial score (nSPS) is 15.5. The molecular weight excluding hydrogens is 604 g/mol. The number of hydrogen-bond donors (Lipinski definition) is 0. The van der Waals surface area contributed by atoms with Crippen LogP contribution < -0.4 is 9.55 Å². The lowest BCUT2D eigenvalue weighted by Gasteiger charge is -2.27. The Bertz CT molecular complexity index is 2860. The van der Waals surface area contributed by atoms with E-state index in [2.05, 4.69) is 89.8 Å². The first-order valence-electron chi connectivity index (χ1n) is 16.4. The molecule has 3 heterocycles. The van der Waals surface area contributed by atoms with Gasteiger partial charge in [0.2, 0.25) is 11.4 Å². The highest BCUT2D eigenvalue weighted by molar-refractivity contribution is 6.24. The molecule has 10 aromatic rings. The Balaban J connectivity index is 1.17. The molecule has 230 valence electrons. The second kappa shape index (κ2) is 9.58. The maximum atomic E-state index is 14.4. The van der Waals surface area contributed by atoms with Gasteiger partial charge in [-0.05, 0) is 59.3 Å². The minimum atomic E-state index is -0.525. The van der Waals surface area contributed by atoms with Gasteiger partial charge < -0.3 is 18.9 Å². The summed E-state index contributed by atoms with van der Waals surface area (Å²) in [6, 6.07) is 53.5. The number of rotatable bonds is 4. The van der Waals surface area contributed by atoms with E-state index in [1.165, 1.54) is 0 Å². The minimum absolute atomic E-state index is 0.525. The van der Waals surface area contributed by atoms with Crippen molar-refractivity contribution in [2.24, 2.45) is 0 Å². The molecular formula is C44H26N2O3. The van der Waals surface area contributed by atoms with E-state index in [0.717, 1.165) is 99.5 Å². The summed E-state index contributed by atoms with van der Waals surface area (Å²) >= 11 is 0. The van der Waals surface area contributed by atoms with Crippen LogP contribution in [0.1, 0.15) is 0 Å². The fourth-order valence-corrected chi connectivity index (χ4v) is 7.88. The molecule has 0 bridgehead atoms. The smallest absolute Gasteiger partial charge is 0.214 e. The first kappa shape index (κ1) is 26.6. The Morgan fingerprint density at radius 3 is 1.67 bits per heavy atom. The number of nitrogens with zero attached hydrogens (tertiary/aromatic N) is 2. The molecule has 8 aromatic carbocycles. The average Bonchev–Trinajstić information content (AvgIpc) is 3.41. The number of hydrogen-bond acceptors (Lipinski definition) is 4. The third-order valence-corrected chi connectivity index (χ3v) is 10.2. The first-order valence-corrected chi connectivity index (χ1v) is 16.4. The molecule has 0 spiro atoms. The fraction of sp³-hybridized carbons (Fsp3) is 0. The summed E-state index contributed by atoms with van der Waals surface area (Å²) in [6.45, 7) is 0. The SMILES string of the molecule is [O-][N+]1(c2ccccc2)c2ccc3ccc4c(N(c5ccc6c(c5)oc5ccccc56)c5ccc6c(c5)oc5ccccc56)cccc4c3c21. The average molecular weight is 631 g/mol. The van der Waals surface area contributed by atoms with Gasteiger partial charge in [0.15, 0.2) is 0 Å². The van der Waals surface area contributed by atoms with Gasteiger partial charge in [0.05, 0.1) is 11.1 Å². The van der Waals surface area contributed by atoms with Gasteiger partial charge in [-0.3, -0.25) is 4.65 Å². The fourth-order valence-electron chi connectivity index (χ4n) is 7.88. The molecule has 0 amide bonds. The van der Waals surface area contributed by atoms with E-state index in [1.54, 1.807) is 0 Å². The van der Waals surface area contributed by atoms with Crippen molar-refractivity contribution in [3.05, 3.63) is 163 Å². The maximum absolute atomic E-state index is 14.4. The van der Waals surface area contributed by atoms with Gasteiger partial charge in [-0.1, -0.05) is 78.9 Å². The molecule has 0 saturated carbocycles. The molecule has 49 heavy (non-hydrogen) atoms. The highest BCUT2D eigenvalue weighted by atomic mass is 16.6. The maximum Gasteiger partial charge on any atom is 0.214 e. The summed E-state index contributed by atoms with van der Waals surface area (Å²) in [5.74, 6) is 0. The monoisotopic (exact) mass is 630 g/mol. The Kier molecular flexibility index (Phi) is 5.21. The summed E-state index contributed by atoms with van der Waals surface area (Å²) in [5, 5.41) is 22.9. The standard InChI is InChI=1S/C44H26N2O3/c47-46(30-9-2-1-3-10-30)38-24-18-27-17-21-31-36(43(27)44(38)46)13-8-14-37(31)45(28-19-22-34-32-11-4-6-15-39(32)48-41(34)25-28)29-20-23-35-33-12-5-7-16-40(33)49-42(35)26-29/h1-26H. The molecule has 1 atom stereocenters. The van der Waals surface area contributed by atoms with Crippen LogP contribution in [0.2, 0.25) is 0 Å². The lowest BCUT2D eigenvalue weighted by molar-refractivity contribution is 0.669. The Hall–Kier alpha value is -6.40. The van der Waals surface area contributed by atoms with Gasteiger partial charge in [-0.2, -0.15) is 0 Å².